The lowest BCUT2D eigenvalue weighted by molar-refractivity contribution is -0.121. The van der Waals surface area contributed by atoms with Crippen LogP contribution in [0.2, 0.25) is 0 Å². The zero-order valence-corrected chi connectivity index (χ0v) is 13.1. The van der Waals surface area contributed by atoms with E-state index in [0.29, 0.717) is 25.1 Å². The van der Waals surface area contributed by atoms with Crippen molar-refractivity contribution in [2.75, 3.05) is 6.54 Å². The molecule has 7 heteroatoms. The number of aryl methyl sites for hydroxylation is 1. The van der Waals surface area contributed by atoms with E-state index in [0.717, 1.165) is 11.0 Å². The summed E-state index contributed by atoms with van der Waals surface area (Å²) >= 11 is 0. The molecule has 0 saturated heterocycles. The molecular weight excluding hydrogens is 272 g/mol. The van der Waals surface area contributed by atoms with E-state index in [4.69, 9.17) is 0 Å². The minimum Gasteiger partial charge on any atom is -0.354 e. The Labute approximate surface area is 124 Å². The number of hydrogen-bond donors (Lipinski definition) is 2. The number of carbonyl (C=O) groups excluding carboxylic acids is 1. The molecule has 0 aromatic carbocycles. The average molecular weight is 296 g/mol. The molecular formula is C14H24N4O3. The molecule has 1 amide bonds. The highest BCUT2D eigenvalue weighted by Crippen LogP contribution is 1.90. The molecule has 1 aromatic heterocycles. The minimum absolute atomic E-state index is 0.00906. The van der Waals surface area contributed by atoms with Crippen molar-refractivity contribution in [3.63, 3.8) is 0 Å². The Balaban J connectivity index is 2.49. The first-order chi connectivity index (χ1) is 9.86. The van der Waals surface area contributed by atoms with Crippen LogP contribution in [0.4, 0.5) is 0 Å². The number of nitrogens with one attached hydrogen (secondary N) is 2. The van der Waals surface area contributed by atoms with Gasteiger partial charge in [-0.25, -0.2) is 4.79 Å². The van der Waals surface area contributed by atoms with Gasteiger partial charge in [0.1, 0.15) is 0 Å². The van der Waals surface area contributed by atoms with Crippen LogP contribution >= 0.6 is 0 Å². The number of nitrogens with zero attached hydrogens (tertiary/aromatic N) is 2. The molecule has 0 radical (unpaired) electrons. The van der Waals surface area contributed by atoms with Crippen LogP contribution in [0.25, 0.3) is 0 Å². The first-order valence-electron chi connectivity index (χ1n) is 7.12. The molecule has 118 valence electrons. The molecule has 0 fully saturated rings. The van der Waals surface area contributed by atoms with Crippen LogP contribution in [-0.4, -0.2) is 27.6 Å². The molecule has 1 unspecified atom stereocenters. The van der Waals surface area contributed by atoms with E-state index in [-0.39, 0.29) is 23.2 Å². The monoisotopic (exact) mass is 296 g/mol. The normalized spacial score (nSPS) is 12.2. The van der Waals surface area contributed by atoms with Crippen molar-refractivity contribution >= 4 is 5.91 Å². The van der Waals surface area contributed by atoms with Crippen LogP contribution in [-0.2, 0) is 25.4 Å². The molecule has 0 spiro atoms. The summed E-state index contributed by atoms with van der Waals surface area (Å²) in [7, 11) is 3.05. The molecule has 1 heterocycles. The van der Waals surface area contributed by atoms with Crippen molar-refractivity contribution in [2.24, 2.45) is 14.1 Å². The molecule has 1 atom stereocenters. The third-order valence-electron chi connectivity index (χ3n) is 3.38. The Morgan fingerprint density at radius 1 is 1.33 bits per heavy atom. The second-order valence-electron chi connectivity index (χ2n) is 5.22. The summed E-state index contributed by atoms with van der Waals surface area (Å²) in [5.41, 5.74) is -0.159. The Kier molecular flexibility index (Phi) is 6.36. The Morgan fingerprint density at radius 3 is 2.62 bits per heavy atom. The second kappa shape index (κ2) is 7.78. The highest BCUT2D eigenvalue weighted by atomic mass is 16.2. The van der Waals surface area contributed by atoms with E-state index >= 15 is 0 Å². The van der Waals surface area contributed by atoms with Crippen LogP contribution in [0.15, 0.2) is 15.8 Å². The lowest BCUT2D eigenvalue weighted by Crippen LogP contribution is -2.40. The quantitative estimate of drug-likeness (QED) is 0.663. The third kappa shape index (κ3) is 4.86. The largest absolute Gasteiger partial charge is 0.354 e. The van der Waals surface area contributed by atoms with Gasteiger partial charge < -0.3 is 15.2 Å². The molecule has 1 rings (SSSR count). The van der Waals surface area contributed by atoms with E-state index in [9.17, 15) is 14.4 Å². The molecule has 21 heavy (non-hydrogen) atoms. The van der Waals surface area contributed by atoms with Crippen LogP contribution in [0.3, 0.4) is 0 Å². The number of amides is 1. The first-order valence-corrected chi connectivity index (χ1v) is 7.12. The highest BCUT2D eigenvalue weighted by Gasteiger charge is 2.07. The van der Waals surface area contributed by atoms with Crippen molar-refractivity contribution in [2.45, 2.75) is 39.3 Å². The maximum Gasteiger partial charge on any atom is 0.330 e. The van der Waals surface area contributed by atoms with Gasteiger partial charge in [0.25, 0.3) is 5.56 Å². The maximum absolute atomic E-state index is 11.9. The zero-order chi connectivity index (χ0) is 16.0. The van der Waals surface area contributed by atoms with E-state index in [1.54, 1.807) is 7.05 Å². The maximum atomic E-state index is 11.9. The molecule has 0 aliphatic heterocycles. The van der Waals surface area contributed by atoms with E-state index in [2.05, 4.69) is 10.6 Å². The fourth-order valence-electron chi connectivity index (χ4n) is 1.88. The van der Waals surface area contributed by atoms with E-state index < -0.39 is 0 Å². The predicted molar refractivity (Wildman–Crippen MR) is 81.1 cm³/mol. The molecule has 0 aliphatic carbocycles. The molecule has 2 N–H and O–H groups in total. The smallest absolute Gasteiger partial charge is 0.330 e. The molecule has 1 aromatic rings. The third-order valence-corrected chi connectivity index (χ3v) is 3.38. The van der Waals surface area contributed by atoms with Crippen molar-refractivity contribution < 1.29 is 4.79 Å². The van der Waals surface area contributed by atoms with E-state index in [1.165, 1.54) is 17.8 Å². The standard InChI is InChI=1S/C14H24N4O3/c1-5-10(2)16-12(19)6-7-15-8-11-9-17(3)14(21)18(4)13(11)20/h9-10,15H,5-8H2,1-4H3,(H,16,19). The van der Waals surface area contributed by atoms with Gasteiger partial charge in [0, 0.05) is 51.4 Å². The summed E-state index contributed by atoms with van der Waals surface area (Å²) in [6.07, 6.45) is 2.78. The van der Waals surface area contributed by atoms with Gasteiger partial charge in [-0.15, -0.1) is 0 Å². The summed E-state index contributed by atoms with van der Waals surface area (Å²) in [5.74, 6) is -0.00906. The van der Waals surface area contributed by atoms with Gasteiger partial charge in [0.2, 0.25) is 5.91 Å². The topological polar surface area (TPSA) is 85.1 Å². The van der Waals surface area contributed by atoms with E-state index in [1.807, 2.05) is 13.8 Å². The molecule has 0 bridgehead atoms. The number of hydrogen-bond acceptors (Lipinski definition) is 4. The van der Waals surface area contributed by atoms with Gasteiger partial charge >= 0.3 is 5.69 Å². The Hall–Kier alpha value is -1.89. The van der Waals surface area contributed by atoms with Gasteiger partial charge in [0.05, 0.1) is 0 Å². The van der Waals surface area contributed by atoms with Crippen molar-refractivity contribution in [1.29, 1.82) is 0 Å². The number of carbonyl (C=O) groups is 1. The summed E-state index contributed by atoms with van der Waals surface area (Å²) in [6, 6.07) is 0.174. The van der Waals surface area contributed by atoms with Crippen LogP contribution < -0.4 is 21.9 Å². The second-order valence-corrected chi connectivity index (χ2v) is 5.22. The van der Waals surface area contributed by atoms with Crippen molar-refractivity contribution in [1.82, 2.24) is 19.8 Å². The zero-order valence-electron chi connectivity index (χ0n) is 13.1. The fraction of sp³-hybridized carbons (Fsp3) is 0.643. The van der Waals surface area contributed by atoms with Crippen LogP contribution in [0.1, 0.15) is 32.3 Å². The Bertz CT molecular complexity index is 603. The lowest BCUT2D eigenvalue weighted by atomic mass is 10.2. The molecule has 0 aliphatic rings. The highest BCUT2D eigenvalue weighted by molar-refractivity contribution is 5.76. The molecule has 0 saturated carbocycles. The first kappa shape index (κ1) is 17.2. The predicted octanol–water partition coefficient (Wildman–Crippen LogP) is -0.522. The lowest BCUT2D eigenvalue weighted by Gasteiger charge is -2.11. The van der Waals surface area contributed by atoms with Gasteiger partial charge in [-0.2, -0.15) is 0 Å². The number of aromatic nitrogens is 2. The van der Waals surface area contributed by atoms with Gasteiger partial charge in [-0.05, 0) is 13.3 Å². The summed E-state index contributed by atoms with van der Waals surface area (Å²) < 4.78 is 2.45. The fourth-order valence-corrected chi connectivity index (χ4v) is 1.88. The summed E-state index contributed by atoms with van der Waals surface area (Å²) in [4.78, 5) is 35.0. The number of rotatable bonds is 7. The van der Waals surface area contributed by atoms with Gasteiger partial charge in [-0.1, -0.05) is 6.92 Å². The molecule has 7 nitrogen and oxygen atoms in total. The van der Waals surface area contributed by atoms with Gasteiger partial charge in [-0.3, -0.25) is 14.2 Å². The van der Waals surface area contributed by atoms with Gasteiger partial charge in [0.15, 0.2) is 0 Å². The minimum atomic E-state index is -0.350. The Morgan fingerprint density at radius 2 is 2.00 bits per heavy atom. The summed E-state index contributed by atoms with van der Waals surface area (Å²) in [5, 5.41) is 5.92. The van der Waals surface area contributed by atoms with Crippen molar-refractivity contribution in [3.05, 3.63) is 32.6 Å². The van der Waals surface area contributed by atoms with Crippen LogP contribution in [0.5, 0.6) is 0 Å². The average Bonchev–Trinajstić information content (AvgIpc) is 2.46. The van der Waals surface area contributed by atoms with Crippen LogP contribution in [0, 0.1) is 0 Å². The summed E-state index contributed by atoms with van der Waals surface area (Å²) in [6.45, 7) is 4.78. The SMILES string of the molecule is CCC(C)NC(=O)CCNCc1cn(C)c(=O)n(C)c1=O. The van der Waals surface area contributed by atoms with Crippen molar-refractivity contribution in [3.8, 4) is 0 Å².